The minimum atomic E-state index is -0.277. The molecule has 5 heteroatoms. The standard InChI is InChI=1S/C7H7Cl3N2/c1-3-5(9)11-7(4(2)8)12-6(3)10/h4H,1-2H3. The number of hydrogen-bond acceptors (Lipinski definition) is 2. The first-order valence-corrected chi connectivity index (χ1v) is 4.55. The molecule has 12 heavy (non-hydrogen) atoms. The Kier molecular flexibility index (Phi) is 3.16. The van der Waals surface area contributed by atoms with Crippen LogP contribution in [0, 0.1) is 6.92 Å². The Hall–Kier alpha value is -0.0500. The zero-order valence-corrected chi connectivity index (χ0v) is 8.87. The summed E-state index contributed by atoms with van der Waals surface area (Å²) in [6, 6.07) is 0. The van der Waals surface area contributed by atoms with Crippen molar-refractivity contribution in [3.05, 3.63) is 21.7 Å². The number of aromatic nitrogens is 2. The van der Waals surface area contributed by atoms with E-state index in [9.17, 15) is 0 Å². The number of nitrogens with zero attached hydrogens (tertiary/aromatic N) is 2. The van der Waals surface area contributed by atoms with Gasteiger partial charge >= 0.3 is 0 Å². The lowest BCUT2D eigenvalue weighted by Crippen LogP contribution is -1.98. The van der Waals surface area contributed by atoms with Crippen molar-refractivity contribution >= 4 is 34.8 Å². The van der Waals surface area contributed by atoms with Crippen LogP contribution >= 0.6 is 34.8 Å². The van der Waals surface area contributed by atoms with Crippen LogP contribution in [0.5, 0.6) is 0 Å². The van der Waals surface area contributed by atoms with Gasteiger partial charge in [-0.2, -0.15) is 0 Å². The zero-order chi connectivity index (χ0) is 9.30. The van der Waals surface area contributed by atoms with Gasteiger partial charge in [-0.15, -0.1) is 11.6 Å². The van der Waals surface area contributed by atoms with Crippen LogP contribution in [0.3, 0.4) is 0 Å². The third-order valence-electron chi connectivity index (χ3n) is 1.40. The summed E-state index contributed by atoms with van der Waals surface area (Å²) in [5.41, 5.74) is 0.680. The normalized spacial score (nSPS) is 13.1. The minimum Gasteiger partial charge on any atom is -0.219 e. The van der Waals surface area contributed by atoms with E-state index in [1.807, 2.05) is 0 Å². The molecular weight excluding hydrogens is 218 g/mol. The van der Waals surface area contributed by atoms with E-state index in [4.69, 9.17) is 34.8 Å². The molecule has 0 aliphatic rings. The van der Waals surface area contributed by atoms with Gasteiger partial charge in [-0.05, 0) is 13.8 Å². The largest absolute Gasteiger partial charge is 0.219 e. The summed E-state index contributed by atoms with van der Waals surface area (Å²) in [6.45, 7) is 3.52. The van der Waals surface area contributed by atoms with Crippen LogP contribution in [0.15, 0.2) is 0 Å². The van der Waals surface area contributed by atoms with Gasteiger partial charge in [0, 0.05) is 5.56 Å². The molecule has 0 aliphatic carbocycles. The first-order valence-electron chi connectivity index (χ1n) is 3.36. The second-order valence-electron chi connectivity index (χ2n) is 2.40. The Balaban J connectivity index is 3.21. The molecule has 1 unspecified atom stereocenters. The molecule has 1 aromatic heterocycles. The van der Waals surface area contributed by atoms with Crippen molar-refractivity contribution in [3.63, 3.8) is 0 Å². The van der Waals surface area contributed by atoms with Crippen LogP contribution in [-0.2, 0) is 0 Å². The molecule has 0 spiro atoms. The highest BCUT2D eigenvalue weighted by atomic mass is 35.5. The highest BCUT2D eigenvalue weighted by molar-refractivity contribution is 6.34. The van der Waals surface area contributed by atoms with Crippen molar-refractivity contribution < 1.29 is 0 Å². The summed E-state index contributed by atoms with van der Waals surface area (Å²) in [5, 5.41) is 0.440. The average molecular weight is 226 g/mol. The van der Waals surface area contributed by atoms with Crippen molar-refractivity contribution in [2.75, 3.05) is 0 Å². The van der Waals surface area contributed by atoms with Crippen molar-refractivity contribution in [2.45, 2.75) is 19.2 Å². The fourth-order valence-electron chi connectivity index (χ4n) is 0.657. The fourth-order valence-corrected chi connectivity index (χ4v) is 1.16. The highest BCUT2D eigenvalue weighted by Crippen LogP contribution is 2.24. The van der Waals surface area contributed by atoms with Crippen LogP contribution < -0.4 is 0 Å². The number of alkyl halides is 1. The lowest BCUT2D eigenvalue weighted by molar-refractivity contribution is 0.902. The second-order valence-corrected chi connectivity index (χ2v) is 3.78. The van der Waals surface area contributed by atoms with E-state index in [0.29, 0.717) is 21.7 Å². The van der Waals surface area contributed by atoms with E-state index < -0.39 is 0 Å². The molecule has 0 aliphatic heterocycles. The van der Waals surface area contributed by atoms with Gasteiger partial charge in [-0.25, -0.2) is 9.97 Å². The smallest absolute Gasteiger partial charge is 0.149 e. The maximum absolute atomic E-state index is 5.77. The summed E-state index contributed by atoms with van der Waals surface area (Å²) in [7, 11) is 0. The second kappa shape index (κ2) is 3.77. The molecule has 1 atom stereocenters. The first kappa shape index (κ1) is 10.0. The maximum Gasteiger partial charge on any atom is 0.149 e. The number of hydrogen-bond donors (Lipinski definition) is 0. The molecule has 2 nitrogen and oxygen atoms in total. The molecule has 0 radical (unpaired) electrons. The Morgan fingerprint density at radius 1 is 1.17 bits per heavy atom. The van der Waals surface area contributed by atoms with Crippen LogP contribution in [0.25, 0.3) is 0 Å². The average Bonchev–Trinajstić information content (AvgIpc) is 1.99. The van der Waals surface area contributed by atoms with Crippen molar-refractivity contribution in [1.82, 2.24) is 9.97 Å². The Bertz CT molecular complexity index is 276. The van der Waals surface area contributed by atoms with Gasteiger partial charge in [0.2, 0.25) is 0 Å². The lowest BCUT2D eigenvalue weighted by Gasteiger charge is -2.04. The molecule has 0 N–H and O–H groups in total. The molecule has 0 bridgehead atoms. The lowest BCUT2D eigenvalue weighted by atomic mass is 10.3. The molecule has 0 saturated carbocycles. The monoisotopic (exact) mass is 224 g/mol. The van der Waals surface area contributed by atoms with Gasteiger partial charge in [0.15, 0.2) is 0 Å². The van der Waals surface area contributed by atoms with E-state index in [1.54, 1.807) is 13.8 Å². The van der Waals surface area contributed by atoms with Crippen LogP contribution in [0.2, 0.25) is 10.3 Å². The molecule has 1 rings (SSSR count). The SMILES string of the molecule is Cc1c(Cl)nc(C(C)Cl)nc1Cl. The molecule has 0 saturated heterocycles. The van der Waals surface area contributed by atoms with Gasteiger partial charge in [0.25, 0.3) is 0 Å². The van der Waals surface area contributed by atoms with Gasteiger partial charge in [0.1, 0.15) is 16.1 Å². The Morgan fingerprint density at radius 2 is 1.58 bits per heavy atom. The molecule has 66 valence electrons. The quantitative estimate of drug-likeness (QED) is 0.541. The van der Waals surface area contributed by atoms with Crippen molar-refractivity contribution in [2.24, 2.45) is 0 Å². The molecule has 0 amide bonds. The summed E-state index contributed by atoms with van der Waals surface area (Å²) in [5.74, 6) is 0.456. The van der Waals surface area contributed by atoms with Gasteiger partial charge in [-0.3, -0.25) is 0 Å². The molecule has 1 heterocycles. The van der Waals surface area contributed by atoms with Gasteiger partial charge in [-0.1, -0.05) is 23.2 Å². The van der Waals surface area contributed by atoms with Crippen LogP contribution in [0.4, 0.5) is 0 Å². The highest BCUT2D eigenvalue weighted by Gasteiger charge is 2.10. The van der Waals surface area contributed by atoms with E-state index >= 15 is 0 Å². The van der Waals surface area contributed by atoms with E-state index in [0.717, 1.165) is 0 Å². The van der Waals surface area contributed by atoms with Crippen LogP contribution in [-0.4, -0.2) is 9.97 Å². The fraction of sp³-hybridized carbons (Fsp3) is 0.429. The number of rotatable bonds is 1. The topological polar surface area (TPSA) is 25.8 Å². The van der Waals surface area contributed by atoms with E-state index in [-0.39, 0.29) is 5.38 Å². The maximum atomic E-state index is 5.77. The van der Waals surface area contributed by atoms with E-state index in [2.05, 4.69) is 9.97 Å². The van der Waals surface area contributed by atoms with Gasteiger partial charge < -0.3 is 0 Å². The molecule has 0 aromatic carbocycles. The number of halogens is 3. The Labute approximate surface area is 85.9 Å². The van der Waals surface area contributed by atoms with E-state index in [1.165, 1.54) is 0 Å². The van der Waals surface area contributed by atoms with Crippen molar-refractivity contribution in [3.8, 4) is 0 Å². The molecule has 1 aromatic rings. The van der Waals surface area contributed by atoms with Crippen LogP contribution in [0.1, 0.15) is 23.7 Å². The third kappa shape index (κ3) is 2.00. The predicted octanol–water partition coefficient (Wildman–Crippen LogP) is 3.39. The molecular formula is C7H7Cl3N2. The zero-order valence-electron chi connectivity index (χ0n) is 6.61. The molecule has 0 fully saturated rings. The Morgan fingerprint density at radius 3 is 1.92 bits per heavy atom. The summed E-state index contributed by atoms with van der Waals surface area (Å²) >= 11 is 17.3. The minimum absolute atomic E-state index is 0.277. The summed E-state index contributed by atoms with van der Waals surface area (Å²) in [4.78, 5) is 7.94. The summed E-state index contributed by atoms with van der Waals surface area (Å²) < 4.78 is 0. The predicted molar refractivity (Wildman–Crippen MR) is 51.1 cm³/mol. The van der Waals surface area contributed by atoms with Gasteiger partial charge in [0.05, 0.1) is 5.38 Å². The third-order valence-corrected chi connectivity index (χ3v) is 2.33. The van der Waals surface area contributed by atoms with Crippen molar-refractivity contribution in [1.29, 1.82) is 0 Å². The first-order chi connectivity index (χ1) is 5.52. The summed E-state index contributed by atoms with van der Waals surface area (Å²) in [6.07, 6.45) is 0.